The minimum atomic E-state index is -0.884. The number of allylic oxidation sites excluding steroid dienone is 3. The van der Waals surface area contributed by atoms with Crippen LogP contribution in [-0.2, 0) is 28.7 Å². The molecule has 0 aromatic carbocycles. The first-order valence-corrected chi connectivity index (χ1v) is 11.3. The fourth-order valence-electron chi connectivity index (χ4n) is 3.89. The van der Waals surface area contributed by atoms with Crippen molar-refractivity contribution < 1.29 is 28.7 Å². The molecule has 2 rings (SSSR count). The highest BCUT2D eigenvalue weighted by molar-refractivity contribution is 6.42. The number of nitrogens with one attached hydrogen (secondary N) is 2. The lowest BCUT2D eigenvalue weighted by atomic mass is 9.76. The standard InChI is InChI=1S/C24H34N2O6/c1-5-7-16(6-2)20(27)22(29)25-12-19(32-24(31)18-10-15(4)11-18)13-26-23(30)21(28)17-8-14(3)9-17/h6,8,15,17-19H,5,7,9-13H2,1-4H3,(H,25,29)(H,26,30)/b16-6+. The van der Waals surface area contributed by atoms with E-state index in [4.69, 9.17) is 4.74 Å². The Hall–Kier alpha value is -2.77. The quantitative estimate of drug-likeness (QED) is 0.205. The molecular formula is C24H34N2O6. The normalized spacial score (nSPS) is 23.1. The summed E-state index contributed by atoms with van der Waals surface area (Å²) in [7, 11) is 0. The van der Waals surface area contributed by atoms with E-state index in [1.165, 1.54) is 0 Å². The highest BCUT2D eigenvalue weighted by Gasteiger charge is 2.35. The largest absolute Gasteiger partial charge is 0.458 e. The maximum Gasteiger partial charge on any atom is 0.309 e. The Morgan fingerprint density at radius 1 is 1.12 bits per heavy atom. The molecule has 0 heterocycles. The van der Waals surface area contributed by atoms with Crippen LogP contribution < -0.4 is 10.6 Å². The molecular weight excluding hydrogens is 412 g/mol. The Balaban J connectivity index is 1.93. The molecule has 8 heteroatoms. The van der Waals surface area contributed by atoms with Gasteiger partial charge in [-0.2, -0.15) is 0 Å². The second kappa shape index (κ2) is 11.7. The SMILES string of the molecule is C/C=C(\CCC)C(=O)C(=O)NCC(CNC(=O)C(=O)C1C=C(C)C1)OC(=O)C1CC(C)C1. The van der Waals surface area contributed by atoms with Gasteiger partial charge in [0.15, 0.2) is 0 Å². The zero-order valence-corrected chi connectivity index (χ0v) is 19.4. The first-order valence-electron chi connectivity index (χ1n) is 11.3. The summed E-state index contributed by atoms with van der Waals surface area (Å²) in [5, 5.41) is 5.00. The molecule has 0 aliphatic heterocycles. The van der Waals surface area contributed by atoms with Crippen LogP contribution in [0.2, 0.25) is 0 Å². The van der Waals surface area contributed by atoms with E-state index in [0.29, 0.717) is 24.3 Å². The third kappa shape index (κ3) is 6.87. The van der Waals surface area contributed by atoms with Crippen LogP contribution in [0.5, 0.6) is 0 Å². The van der Waals surface area contributed by atoms with Gasteiger partial charge in [0.1, 0.15) is 6.10 Å². The van der Waals surface area contributed by atoms with E-state index in [1.54, 1.807) is 19.1 Å². The summed E-state index contributed by atoms with van der Waals surface area (Å²) >= 11 is 0. The maximum atomic E-state index is 12.4. The van der Waals surface area contributed by atoms with Crippen molar-refractivity contribution in [3.8, 4) is 0 Å². The lowest BCUT2D eigenvalue weighted by molar-refractivity contribution is -0.159. The van der Waals surface area contributed by atoms with Gasteiger partial charge in [0.05, 0.1) is 19.0 Å². The van der Waals surface area contributed by atoms with E-state index >= 15 is 0 Å². The summed E-state index contributed by atoms with van der Waals surface area (Å²) in [6, 6.07) is 0. The molecule has 32 heavy (non-hydrogen) atoms. The molecule has 0 spiro atoms. The molecule has 2 unspecified atom stereocenters. The van der Waals surface area contributed by atoms with E-state index in [9.17, 15) is 24.0 Å². The van der Waals surface area contributed by atoms with Gasteiger partial charge in [0, 0.05) is 11.5 Å². The fraction of sp³-hybridized carbons (Fsp3) is 0.625. The van der Waals surface area contributed by atoms with Gasteiger partial charge in [0.25, 0.3) is 11.8 Å². The highest BCUT2D eigenvalue weighted by atomic mass is 16.5. The van der Waals surface area contributed by atoms with E-state index in [-0.39, 0.29) is 19.0 Å². The van der Waals surface area contributed by atoms with Crippen LogP contribution in [-0.4, -0.2) is 48.5 Å². The number of esters is 1. The molecule has 8 nitrogen and oxygen atoms in total. The van der Waals surface area contributed by atoms with Crippen molar-refractivity contribution in [2.24, 2.45) is 17.8 Å². The average Bonchev–Trinajstić information content (AvgIpc) is 2.73. The molecule has 0 aromatic heterocycles. The second-order valence-electron chi connectivity index (χ2n) is 8.83. The first kappa shape index (κ1) is 25.5. The second-order valence-corrected chi connectivity index (χ2v) is 8.83. The van der Waals surface area contributed by atoms with Crippen LogP contribution in [0, 0.1) is 17.8 Å². The predicted molar refractivity (Wildman–Crippen MR) is 118 cm³/mol. The van der Waals surface area contributed by atoms with Crippen molar-refractivity contribution in [2.45, 2.75) is 65.9 Å². The number of ether oxygens (including phenoxy) is 1. The zero-order chi connectivity index (χ0) is 23.8. The Bertz CT molecular complexity index is 822. The van der Waals surface area contributed by atoms with Gasteiger partial charge in [-0.25, -0.2) is 0 Å². The van der Waals surface area contributed by atoms with Gasteiger partial charge >= 0.3 is 5.97 Å². The van der Waals surface area contributed by atoms with Crippen molar-refractivity contribution in [2.75, 3.05) is 13.1 Å². The van der Waals surface area contributed by atoms with Crippen molar-refractivity contribution >= 4 is 29.4 Å². The lowest BCUT2D eigenvalue weighted by Crippen LogP contribution is -2.47. The number of carbonyl (C=O) groups is 5. The molecule has 2 N–H and O–H groups in total. The van der Waals surface area contributed by atoms with Crippen molar-refractivity contribution in [1.82, 2.24) is 10.6 Å². The van der Waals surface area contributed by atoms with E-state index in [1.807, 2.05) is 20.8 Å². The Morgan fingerprint density at radius 2 is 1.72 bits per heavy atom. The minimum absolute atomic E-state index is 0.131. The van der Waals surface area contributed by atoms with Crippen LogP contribution >= 0.6 is 0 Å². The van der Waals surface area contributed by atoms with Crippen LogP contribution in [0.25, 0.3) is 0 Å². The smallest absolute Gasteiger partial charge is 0.309 e. The van der Waals surface area contributed by atoms with Crippen LogP contribution in [0.4, 0.5) is 0 Å². The number of hydrogen-bond donors (Lipinski definition) is 2. The summed E-state index contributed by atoms with van der Waals surface area (Å²) in [5.74, 6) is -3.26. The van der Waals surface area contributed by atoms with E-state index in [0.717, 1.165) is 24.8 Å². The first-order chi connectivity index (χ1) is 15.2. The van der Waals surface area contributed by atoms with Gasteiger partial charge < -0.3 is 15.4 Å². The summed E-state index contributed by atoms with van der Waals surface area (Å²) in [6.07, 6.45) is 5.73. The summed E-state index contributed by atoms with van der Waals surface area (Å²) in [5.41, 5.74) is 1.48. The summed E-state index contributed by atoms with van der Waals surface area (Å²) < 4.78 is 5.50. The Labute approximate surface area is 189 Å². The molecule has 2 amide bonds. The molecule has 2 aliphatic rings. The maximum absolute atomic E-state index is 12.4. The number of rotatable bonds is 12. The van der Waals surface area contributed by atoms with Crippen molar-refractivity contribution in [1.29, 1.82) is 0 Å². The van der Waals surface area contributed by atoms with Gasteiger partial charge in [-0.1, -0.05) is 38.0 Å². The Morgan fingerprint density at radius 3 is 2.22 bits per heavy atom. The zero-order valence-electron chi connectivity index (χ0n) is 19.4. The third-order valence-corrected chi connectivity index (χ3v) is 5.92. The Kier molecular flexibility index (Phi) is 9.35. The topological polar surface area (TPSA) is 119 Å². The minimum Gasteiger partial charge on any atom is -0.458 e. The molecule has 0 bridgehead atoms. The lowest BCUT2D eigenvalue weighted by Gasteiger charge is -2.32. The number of hydrogen-bond acceptors (Lipinski definition) is 6. The molecule has 0 saturated heterocycles. The number of carbonyl (C=O) groups excluding carboxylic acids is 5. The average molecular weight is 447 g/mol. The number of ketones is 2. The van der Waals surface area contributed by atoms with Gasteiger partial charge in [0.2, 0.25) is 11.6 Å². The summed E-state index contributed by atoms with van der Waals surface area (Å²) in [6.45, 7) is 7.28. The van der Waals surface area contributed by atoms with E-state index in [2.05, 4.69) is 10.6 Å². The van der Waals surface area contributed by atoms with Crippen molar-refractivity contribution in [3.05, 3.63) is 23.3 Å². The molecule has 0 aromatic rings. The van der Waals surface area contributed by atoms with Crippen LogP contribution in [0.1, 0.15) is 59.8 Å². The molecule has 1 saturated carbocycles. The number of Topliss-reactive ketones (excluding diaryl/α,β-unsaturated/α-hetero) is 2. The van der Waals surface area contributed by atoms with E-state index < -0.39 is 41.4 Å². The van der Waals surface area contributed by atoms with Crippen LogP contribution in [0.15, 0.2) is 23.3 Å². The number of amides is 2. The highest BCUT2D eigenvalue weighted by Crippen LogP contribution is 2.34. The third-order valence-electron chi connectivity index (χ3n) is 5.92. The summed E-state index contributed by atoms with van der Waals surface area (Å²) in [4.78, 5) is 61.3. The van der Waals surface area contributed by atoms with Gasteiger partial charge in [-0.3, -0.25) is 24.0 Å². The van der Waals surface area contributed by atoms with Gasteiger partial charge in [-0.05, 0) is 45.4 Å². The molecule has 1 fully saturated rings. The molecule has 176 valence electrons. The molecule has 2 atom stereocenters. The monoisotopic (exact) mass is 446 g/mol. The fourth-order valence-corrected chi connectivity index (χ4v) is 3.89. The predicted octanol–water partition coefficient (Wildman–Crippen LogP) is 2.03. The molecule has 2 aliphatic carbocycles. The molecule has 0 radical (unpaired) electrons. The van der Waals surface area contributed by atoms with Crippen molar-refractivity contribution in [3.63, 3.8) is 0 Å². The van der Waals surface area contributed by atoms with Gasteiger partial charge in [-0.15, -0.1) is 0 Å². The van der Waals surface area contributed by atoms with Crippen LogP contribution in [0.3, 0.4) is 0 Å².